The average Bonchev–Trinajstić information content (AvgIpc) is 2.70. The van der Waals surface area contributed by atoms with Crippen molar-refractivity contribution in [3.05, 3.63) is 58.9 Å². The van der Waals surface area contributed by atoms with E-state index in [1.54, 1.807) is 0 Å². The van der Waals surface area contributed by atoms with Crippen molar-refractivity contribution in [1.29, 1.82) is 0 Å². The molecule has 2 aromatic carbocycles. The minimum atomic E-state index is -0.883. The van der Waals surface area contributed by atoms with Gasteiger partial charge in [0.05, 0.1) is 5.92 Å². The Labute approximate surface area is 181 Å². The van der Waals surface area contributed by atoms with Gasteiger partial charge in [-0.25, -0.2) is 4.39 Å². The highest BCUT2D eigenvalue weighted by molar-refractivity contribution is 6.00. The average molecular weight is 426 g/mol. The van der Waals surface area contributed by atoms with Crippen LogP contribution in [0.2, 0.25) is 0 Å². The van der Waals surface area contributed by atoms with Crippen molar-refractivity contribution in [3.63, 3.8) is 0 Å². The summed E-state index contributed by atoms with van der Waals surface area (Å²) < 4.78 is 18.7. The fourth-order valence-electron chi connectivity index (χ4n) is 3.76. The Kier molecular flexibility index (Phi) is 6.73. The molecule has 1 unspecified atom stereocenters. The second-order valence-electron chi connectivity index (χ2n) is 8.31. The van der Waals surface area contributed by atoms with Gasteiger partial charge < -0.3 is 15.4 Å². The first kappa shape index (κ1) is 22.5. The predicted octanol–water partition coefficient (Wildman–Crippen LogP) is 4.68. The zero-order valence-electron chi connectivity index (χ0n) is 18.1. The van der Waals surface area contributed by atoms with Crippen molar-refractivity contribution < 1.29 is 23.5 Å². The molecule has 0 aromatic heterocycles. The maximum absolute atomic E-state index is 13.5. The van der Waals surface area contributed by atoms with Crippen LogP contribution in [0.5, 0.6) is 0 Å². The van der Waals surface area contributed by atoms with E-state index in [4.69, 9.17) is 4.74 Å². The van der Waals surface area contributed by atoms with E-state index in [1.807, 2.05) is 45.9 Å². The molecule has 0 bridgehead atoms. The molecule has 7 heteroatoms. The number of nitrogens with one attached hydrogen (secondary N) is 2. The summed E-state index contributed by atoms with van der Waals surface area (Å²) in [4.78, 5) is 37.1. The fourth-order valence-corrected chi connectivity index (χ4v) is 3.76. The van der Waals surface area contributed by atoms with E-state index < -0.39 is 36.1 Å². The largest absolute Gasteiger partial charge is 0.455 e. The minimum Gasteiger partial charge on any atom is -0.455 e. The summed E-state index contributed by atoms with van der Waals surface area (Å²) in [5.74, 6) is -2.55. The number of ether oxygens (including phenoxy) is 1. The van der Waals surface area contributed by atoms with E-state index in [2.05, 4.69) is 10.6 Å². The Balaban J connectivity index is 1.71. The predicted molar refractivity (Wildman–Crippen MR) is 117 cm³/mol. The second-order valence-corrected chi connectivity index (χ2v) is 8.31. The summed E-state index contributed by atoms with van der Waals surface area (Å²) in [7, 11) is 0. The molecule has 6 nitrogen and oxygen atoms in total. The lowest BCUT2D eigenvalue weighted by Crippen LogP contribution is -2.30. The third-order valence-corrected chi connectivity index (χ3v) is 5.32. The topological polar surface area (TPSA) is 84.5 Å². The van der Waals surface area contributed by atoms with Crippen molar-refractivity contribution in [2.75, 3.05) is 17.2 Å². The molecule has 1 aliphatic heterocycles. The minimum absolute atomic E-state index is 0.118. The number of rotatable bonds is 6. The molecular formula is C24H27FN2O4. The van der Waals surface area contributed by atoms with E-state index >= 15 is 0 Å². The second kappa shape index (κ2) is 9.29. The number of anilines is 2. The lowest BCUT2D eigenvalue weighted by Gasteiger charge is -2.24. The first-order valence-corrected chi connectivity index (χ1v) is 10.4. The molecule has 2 N–H and O–H groups in total. The highest BCUT2D eigenvalue weighted by Crippen LogP contribution is 2.34. The highest BCUT2D eigenvalue weighted by atomic mass is 19.1. The van der Waals surface area contributed by atoms with Crippen LogP contribution in [0.1, 0.15) is 68.6 Å². The Morgan fingerprint density at radius 2 is 1.77 bits per heavy atom. The van der Waals surface area contributed by atoms with Crippen LogP contribution < -0.4 is 10.6 Å². The Morgan fingerprint density at radius 3 is 2.39 bits per heavy atom. The molecule has 0 spiro atoms. The number of amides is 2. The number of esters is 1. The molecule has 2 amide bonds. The van der Waals surface area contributed by atoms with Crippen LogP contribution in [-0.4, -0.2) is 24.4 Å². The number of hydrogen-bond donors (Lipinski definition) is 2. The zero-order valence-corrected chi connectivity index (χ0v) is 18.1. The molecule has 164 valence electrons. The third-order valence-electron chi connectivity index (χ3n) is 5.32. The van der Waals surface area contributed by atoms with Gasteiger partial charge in [-0.2, -0.15) is 0 Å². The number of para-hydroxylation sites is 1. The summed E-state index contributed by atoms with van der Waals surface area (Å²) in [6.45, 7) is 7.71. The van der Waals surface area contributed by atoms with Crippen LogP contribution in [0.25, 0.3) is 0 Å². The molecule has 0 aliphatic carbocycles. The molecule has 31 heavy (non-hydrogen) atoms. The van der Waals surface area contributed by atoms with Crippen LogP contribution in [0.15, 0.2) is 36.4 Å². The van der Waals surface area contributed by atoms with Gasteiger partial charge in [0, 0.05) is 17.8 Å². The molecule has 3 rings (SSSR count). The summed E-state index contributed by atoms with van der Waals surface area (Å²) in [6, 6.07) is 9.73. The monoisotopic (exact) mass is 426 g/mol. The van der Waals surface area contributed by atoms with Gasteiger partial charge >= 0.3 is 5.97 Å². The van der Waals surface area contributed by atoms with E-state index in [0.29, 0.717) is 5.56 Å². The van der Waals surface area contributed by atoms with E-state index in [9.17, 15) is 18.8 Å². The normalized spacial score (nSPS) is 15.5. The van der Waals surface area contributed by atoms with Gasteiger partial charge in [-0.05, 0) is 40.7 Å². The number of benzene rings is 2. The van der Waals surface area contributed by atoms with E-state index in [0.717, 1.165) is 22.9 Å². The highest BCUT2D eigenvalue weighted by Gasteiger charge is 2.32. The van der Waals surface area contributed by atoms with Gasteiger partial charge in [-0.3, -0.25) is 14.4 Å². The van der Waals surface area contributed by atoms with Crippen LogP contribution in [-0.2, 0) is 19.1 Å². The summed E-state index contributed by atoms with van der Waals surface area (Å²) >= 11 is 0. The van der Waals surface area contributed by atoms with Crippen LogP contribution in [0.3, 0.4) is 0 Å². The molecule has 0 saturated heterocycles. The van der Waals surface area contributed by atoms with Gasteiger partial charge in [0.25, 0.3) is 5.91 Å². The first-order valence-electron chi connectivity index (χ1n) is 10.4. The van der Waals surface area contributed by atoms with Crippen LogP contribution in [0.4, 0.5) is 15.8 Å². The fraction of sp³-hybridized carbons (Fsp3) is 0.375. The molecule has 0 fully saturated rings. The summed E-state index contributed by atoms with van der Waals surface area (Å²) in [5.41, 5.74) is 3.47. The molecule has 1 heterocycles. The molecule has 1 aliphatic rings. The van der Waals surface area contributed by atoms with E-state index in [-0.39, 0.29) is 23.9 Å². The quantitative estimate of drug-likeness (QED) is 0.657. The molecule has 0 radical (unpaired) electrons. The molecule has 0 saturated carbocycles. The maximum atomic E-state index is 13.5. The van der Waals surface area contributed by atoms with Gasteiger partial charge in [-0.1, -0.05) is 52.0 Å². The van der Waals surface area contributed by atoms with E-state index in [1.165, 1.54) is 12.1 Å². The maximum Gasteiger partial charge on any atom is 0.314 e. The summed E-state index contributed by atoms with van der Waals surface area (Å²) in [5, 5.41) is 5.44. The SMILES string of the molecule is CC(C)c1cccc(C(C)C)c1NC(=O)COC(=O)C1CC(=O)Nc2cc(F)ccc21. The van der Waals surface area contributed by atoms with Crippen molar-refractivity contribution >= 4 is 29.2 Å². The summed E-state index contributed by atoms with van der Waals surface area (Å²) in [6.07, 6.45) is -0.118. The number of hydrogen-bond acceptors (Lipinski definition) is 4. The van der Waals surface area contributed by atoms with Crippen molar-refractivity contribution in [2.45, 2.75) is 51.9 Å². The number of fused-ring (bicyclic) bond motifs is 1. The van der Waals surface area contributed by atoms with Crippen molar-refractivity contribution in [3.8, 4) is 0 Å². The van der Waals surface area contributed by atoms with Crippen molar-refractivity contribution in [1.82, 2.24) is 0 Å². The molecular weight excluding hydrogens is 399 g/mol. The smallest absolute Gasteiger partial charge is 0.314 e. The van der Waals surface area contributed by atoms with Gasteiger partial charge in [0.15, 0.2) is 6.61 Å². The van der Waals surface area contributed by atoms with Gasteiger partial charge in [0.2, 0.25) is 5.91 Å². The zero-order chi connectivity index (χ0) is 22.7. The first-order chi connectivity index (χ1) is 14.7. The molecule has 1 atom stereocenters. The number of halogens is 1. The van der Waals surface area contributed by atoms with Gasteiger partial charge in [0.1, 0.15) is 5.82 Å². The molecule has 2 aromatic rings. The van der Waals surface area contributed by atoms with Crippen molar-refractivity contribution in [2.24, 2.45) is 0 Å². The number of carbonyl (C=O) groups is 3. The lowest BCUT2D eigenvalue weighted by molar-refractivity contribution is -0.149. The van der Waals surface area contributed by atoms with Gasteiger partial charge in [-0.15, -0.1) is 0 Å². The Bertz CT molecular complexity index is 990. The lowest BCUT2D eigenvalue weighted by atomic mass is 9.90. The third kappa shape index (κ3) is 5.10. The van der Waals surface area contributed by atoms with Crippen LogP contribution >= 0.6 is 0 Å². The number of carbonyl (C=O) groups excluding carboxylic acids is 3. The Morgan fingerprint density at radius 1 is 1.13 bits per heavy atom. The van der Waals surface area contributed by atoms with Crippen LogP contribution in [0, 0.1) is 5.82 Å². The Hall–Kier alpha value is -3.22. The standard InChI is InChI=1S/C24H27FN2O4/c1-13(2)16-6-5-7-17(14(3)4)23(16)27-22(29)12-31-24(30)19-11-21(28)26-20-10-15(25)8-9-18(19)20/h5-10,13-14,19H,11-12H2,1-4H3,(H,26,28)(H,27,29).